The molecule has 0 radical (unpaired) electrons. The molecule has 0 bridgehead atoms. The second-order valence-electron chi connectivity index (χ2n) is 7.81. The molecule has 3 atom stereocenters. The third kappa shape index (κ3) is 4.81. The van der Waals surface area contributed by atoms with E-state index in [0.29, 0.717) is 11.1 Å². The molecular formula is C24H24N2O6. The van der Waals surface area contributed by atoms with Crippen LogP contribution in [0.4, 0.5) is 0 Å². The minimum Gasteiger partial charge on any atom is -0.459 e. The summed E-state index contributed by atoms with van der Waals surface area (Å²) in [5.74, 6) is -1.00. The highest BCUT2D eigenvalue weighted by atomic mass is 16.6. The highest BCUT2D eigenvalue weighted by Gasteiger charge is 2.40. The van der Waals surface area contributed by atoms with Gasteiger partial charge in [-0.1, -0.05) is 35.4 Å². The van der Waals surface area contributed by atoms with Gasteiger partial charge in [0, 0.05) is 18.8 Å². The lowest BCUT2D eigenvalue weighted by molar-refractivity contribution is -0.0578. The third-order valence-corrected chi connectivity index (χ3v) is 5.38. The Kier molecular flexibility index (Phi) is 6.23. The Morgan fingerprint density at radius 1 is 1.00 bits per heavy atom. The first kappa shape index (κ1) is 21.6. The summed E-state index contributed by atoms with van der Waals surface area (Å²) in [7, 11) is 0. The summed E-state index contributed by atoms with van der Waals surface area (Å²) >= 11 is 0. The van der Waals surface area contributed by atoms with E-state index in [1.54, 1.807) is 30.5 Å². The SMILES string of the molecule is Cc1ccc(C(=O)OC[C@H]2OC(n3cc[nH]c3=O)CC2OC(=O)c2ccc(C)cc2)cc1. The van der Waals surface area contributed by atoms with E-state index < -0.39 is 30.4 Å². The van der Waals surface area contributed by atoms with Crippen LogP contribution >= 0.6 is 0 Å². The standard InChI is InChI=1S/C24H24N2O6/c1-15-3-7-17(8-4-15)22(27)30-14-20-19(13-21(31-20)26-12-11-25-24(26)29)32-23(28)18-9-5-16(2)6-10-18/h3-12,19-21H,13-14H2,1-2H3,(H,25,29)/t19?,20-,21?/m1/s1. The Morgan fingerprint density at radius 3 is 2.16 bits per heavy atom. The first-order valence-electron chi connectivity index (χ1n) is 10.3. The third-order valence-electron chi connectivity index (χ3n) is 5.38. The molecule has 32 heavy (non-hydrogen) atoms. The number of aromatic amines is 1. The second-order valence-corrected chi connectivity index (χ2v) is 7.81. The van der Waals surface area contributed by atoms with Crippen molar-refractivity contribution < 1.29 is 23.8 Å². The van der Waals surface area contributed by atoms with Gasteiger partial charge in [0.2, 0.25) is 0 Å². The van der Waals surface area contributed by atoms with Crippen LogP contribution in [0.1, 0.15) is 44.5 Å². The predicted molar refractivity (Wildman–Crippen MR) is 115 cm³/mol. The van der Waals surface area contributed by atoms with E-state index in [-0.39, 0.29) is 18.7 Å². The predicted octanol–water partition coefficient (Wildman–Crippen LogP) is 3.16. The van der Waals surface area contributed by atoms with Crippen LogP contribution in [0.2, 0.25) is 0 Å². The maximum atomic E-state index is 12.6. The second kappa shape index (κ2) is 9.23. The van der Waals surface area contributed by atoms with Crippen molar-refractivity contribution >= 4 is 11.9 Å². The first-order valence-corrected chi connectivity index (χ1v) is 10.3. The van der Waals surface area contributed by atoms with Crippen LogP contribution in [0.25, 0.3) is 0 Å². The molecule has 1 aliphatic rings. The zero-order valence-electron chi connectivity index (χ0n) is 17.8. The summed E-state index contributed by atoms with van der Waals surface area (Å²) < 4.78 is 18.5. The molecule has 1 aliphatic heterocycles. The smallest absolute Gasteiger partial charge is 0.338 e. The van der Waals surface area contributed by atoms with Gasteiger partial charge in [-0.3, -0.25) is 4.57 Å². The fourth-order valence-electron chi connectivity index (χ4n) is 3.53. The lowest BCUT2D eigenvalue weighted by atomic mass is 10.1. The van der Waals surface area contributed by atoms with Gasteiger partial charge in [-0.25, -0.2) is 14.4 Å². The number of aryl methyl sites for hydroxylation is 2. The number of carbonyl (C=O) groups is 2. The minimum absolute atomic E-state index is 0.117. The normalized spacial score (nSPS) is 20.1. The molecule has 4 rings (SSSR count). The number of nitrogens with zero attached hydrogens (tertiary/aromatic N) is 1. The zero-order valence-corrected chi connectivity index (χ0v) is 17.8. The van der Waals surface area contributed by atoms with Gasteiger partial charge in [-0.05, 0) is 38.1 Å². The fraction of sp³-hybridized carbons (Fsp3) is 0.292. The molecule has 1 aromatic heterocycles. The number of ether oxygens (including phenoxy) is 3. The summed E-state index contributed by atoms with van der Waals surface area (Å²) in [6.07, 6.45) is 1.26. The topological polar surface area (TPSA) is 99.6 Å². The van der Waals surface area contributed by atoms with Crippen molar-refractivity contribution in [1.82, 2.24) is 9.55 Å². The number of H-pyrrole nitrogens is 1. The maximum Gasteiger partial charge on any atom is 0.338 e. The molecule has 2 unspecified atom stereocenters. The van der Waals surface area contributed by atoms with Crippen molar-refractivity contribution in [3.05, 3.63) is 93.7 Å². The number of rotatable bonds is 6. The Morgan fingerprint density at radius 2 is 1.59 bits per heavy atom. The monoisotopic (exact) mass is 436 g/mol. The van der Waals surface area contributed by atoms with Gasteiger partial charge in [0.25, 0.3) is 0 Å². The highest BCUT2D eigenvalue weighted by molar-refractivity contribution is 5.90. The summed E-state index contributed by atoms with van der Waals surface area (Å²) in [6, 6.07) is 14.0. The van der Waals surface area contributed by atoms with Crippen LogP contribution in [0.3, 0.4) is 0 Å². The number of benzene rings is 2. The lowest BCUT2D eigenvalue weighted by Gasteiger charge is -2.19. The molecule has 0 amide bonds. The van der Waals surface area contributed by atoms with E-state index in [4.69, 9.17) is 14.2 Å². The quantitative estimate of drug-likeness (QED) is 0.596. The van der Waals surface area contributed by atoms with Crippen LogP contribution in [0, 0.1) is 13.8 Å². The Balaban J connectivity index is 1.47. The van der Waals surface area contributed by atoms with E-state index in [9.17, 15) is 14.4 Å². The van der Waals surface area contributed by atoms with Crippen LogP contribution in [0.5, 0.6) is 0 Å². The highest BCUT2D eigenvalue weighted by Crippen LogP contribution is 2.31. The van der Waals surface area contributed by atoms with Gasteiger partial charge in [-0.15, -0.1) is 0 Å². The number of hydrogen-bond acceptors (Lipinski definition) is 6. The largest absolute Gasteiger partial charge is 0.459 e. The minimum atomic E-state index is -0.717. The van der Waals surface area contributed by atoms with Crippen molar-refractivity contribution in [2.24, 2.45) is 0 Å². The first-order chi connectivity index (χ1) is 15.4. The van der Waals surface area contributed by atoms with E-state index in [2.05, 4.69) is 4.98 Å². The summed E-state index contributed by atoms with van der Waals surface area (Å²) in [4.78, 5) is 39.6. The summed E-state index contributed by atoms with van der Waals surface area (Å²) in [6.45, 7) is 3.74. The molecule has 0 spiro atoms. The fourth-order valence-corrected chi connectivity index (χ4v) is 3.53. The maximum absolute atomic E-state index is 12.6. The van der Waals surface area contributed by atoms with Gasteiger partial charge in [-0.2, -0.15) is 0 Å². The molecule has 8 heteroatoms. The van der Waals surface area contributed by atoms with Gasteiger partial charge in [0.1, 0.15) is 25.0 Å². The average molecular weight is 436 g/mol. The van der Waals surface area contributed by atoms with Crippen molar-refractivity contribution in [3.63, 3.8) is 0 Å². The Bertz CT molecular complexity index is 1150. The number of carbonyl (C=O) groups excluding carboxylic acids is 2. The molecule has 0 saturated carbocycles. The van der Waals surface area contributed by atoms with Crippen molar-refractivity contribution in [2.75, 3.05) is 6.61 Å². The van der Waals surface area contributed by atoms with Crippen molar-refractivity contribution in [1.29, 1.82) is 0 Å². The van der Waals surface area contributed by atoms with E-state index in [1.165, 1.54) is 10.8 Å². The van der Waals surface area contributed by atoms with E-state index in [1.807, 2.05) is 38.1 Å². The lowest BCUT2D eigenvalue weighted by Crippen LogP contribution is -2.32. The number of imidazole rings is 1. The molecule has 1 fully saturated rings. The van der Waals surface area contributed by atoms with Gasteiger partial charge >= 0.3 is 17.6 Å². The van der Waals surface area contributed by atoms with Crippen LogP contribution < -0.4 is 5.69 Å². The average Bonchev–Trinajstić information content (AvgIpc) is 3.38. The van der Waals surface area contributed by atoms with Gasteiger partial charge in [0.05, 0.1) is 11.1 Å². The number of esters is 2. The van der Waals surface area contributed by atoms with Crippen molar-refractivity contribution in [3.8, 4) is 0 Å². The molecule has 8 nitrogen and oxygen atoms in total. The van der Waals surface area contributed by atoms with Crippen molar-refractivity contribution in [2.45, 2.75) is 38.7 Å². The number of hydrogen-bond donors (Lipinski definition) is 1. The number of nitrogens with one attached hydrogen (secondary N) is 1. The zero-order chi connectivity index (χ0) is 22.7. The van der Waals surface area contributed by atoms with Crippen LogP contribution in [0.15, 0.2) is 65.7 Å². The summed E-state index contributed by atoms with van der Waals surface area (Å²) in [5.41, 5.74) is 2.55. The van der Waals surface area contributed by atoms with E-state index in [0.717, 1.165) is 11.1 Å². The van der Waals surface area contributed by atoms with E-state index >= 15 is 0 Å². The molecular weight excluding hydrogens is 412 g/mol. The molecule has 0 aliphatic carbocycles. The molecule has 2 aromatic carbocycles. The van der Waals surface area contributed by atoms with Gasteiger partial charge in [0.15, 0.2) is 0 Å². The molecule has 166 valence electrons. The van der Waals surface area contributed by atoms with Crippen LogP contribution in [-0.2, 0) is 14.2 Å². The molecule has 2 heterocycles. The molecule has 1 saturated heterocycles. The number of aromatic nitrogens is 2. The summed E-state index contributed by atoms with van der Waals surface area (Å²) in [5, 5.41) is 0. The molecule has 1 N–H and O–H groups in total. The Hall–Kier alpha value is -3.65. The Labute approximate surface area is 184 Å². The molecule has 3 aromatic rings. The van der Waals surface area contributed by atoms with Crippen LogP contribution in [-0.4, -0.2) is 40.3 Å². The van der Waals surface area contributed by atoms with Gasteiger partial charge < -0.3 is 19.2 Å².